The molecule has 2 fully saturated rings. The topological polar surface area (TPSA) is 103 Å². The predicted molar refractivity (Wildman–Crippen MR) is 124 cm³/mol. The highest BCUT2D eigenvalue weighted by Crippen LogP contribution is 2.14. The minimum Gasteiger partial charge on any atom is -0.484 e. The number of rotatable bonds is 7. The molecule has 1 aromatic rings. The van der Waals surface area contributed by atoms with E-state index in [0.29, 0.717) is 18.8 Å². The van der Waals surface area contributed by atoms with Gasteiger partial charge >= 0.3 is 0 Å². The molecule has 0 saturated carbocycles. The van der Waals surface area contributed by atoms with Crippen molar-refractivity contribution in [2.24, 2.45) is 10.7 Å². The Morgan fingerprint density at radius 3 is 2.41 bits per heavy atom. The van der Waals surface area contributed by atoms with Gasteiger partial charge in [0.25, 0.3) is 5.91 Å². The summed E-state index contributed by atoms with van der Waals surface area (Å²) in [7, 11) is 1.78. The van der Waals surface area contributed by atoms with Crippen LogP contribution in [0.25, 0.3) is 0 Å². The van der Waals surface area contributed by atoms with Crippen molar-refractivity contribution >= 4 is 17.8 Å². The molecule has 0 spiro atoms. The first-order chi connectivity index (χ1) is 15.5. The number of nitrogens with two attached hydrogens (primary N) is 1. The van der Waals surface area contributed by atoms with Gasteiger partial charge in [-0.3, -0.25) is 19.5 Å². The first-order valence-corrected chi connectivity index (χ1v) is 11.5. The van der Waals surface area contributed by atoms with Gasteiger partial charge in [0.05, 0.1) is 6.54 Å². The first kappa shape index (κ1) is 23.8. The fourth-order valence-electron chi connectivity index (χ4n) is 4.14. The molecule has 0 radical (unpaired) electrons. The van der Waals surface area contributed by atoms with Crippen molar-refractivity contribution in [2.75, 3.05) is 59.5 Å². The number of carbonyl (C=O) groups is 2. The molecule has 3 rings (SSSR count). The van der Waals surface area contributed by atoms with Crippen LogP contribution < -0.4 is 15.8 Å². The highest BCUT2D eigenvalue weighted by Gasteiger charge is 2.23. The summed E-state index contributed by atoms with van der Waals surface area (Å²) in [5.74, 6) is 1.22. The molecule has 0 unspecified atom stereocenters. The van der Waals surface area contributed by atoms with Crippen LogP contribution in [-0.2, 0) is 16.1 Å². The number of benzene rings is 1. The standard InChI is InChI=1S/C23H36N6O3/c1-25-23(26-16-19-7-6-8-20(15-19)32-18-21(24)30)29-13-11-27(12-14-29)17-22(31)28-9-4-2-3-5-10-28/h6-8,15H,2-5,9-14,16-18H2,1H3,(H2,24,30)(H,25,26). The van der Waals surface area contributed by atoms with Crippen LogP contribution in [0.3, 0.4) is 0 Å². The summed E-state index contributed by atoms with van der Waals surface area (Å²) >= 11 is 0. The van der Waals surface area contributed by atoms with E-state index in [9.17, 15) is 9.59 Å². The molecule has 2 aliphatic heterocycles. The number of primary amides is 1. The number of ether oxygens (including phenoxy) is 1. The Morgan fingerprint density at radius 2 is 1.75 bits per heavy atom. The van der Waals surface area contributed by atoms with E-state index in [-0.39, 0.29) is 12.5 Å². The fraction of sp³-hybridized carbons (Fsp3) is 0.609. The van der Waals surface area contributed by atoms with Crippen molar-refractivity contribution in [2.45, 2.75) is 32.2 Å². The smallest absolute Gasteiger partial charge is 0.255 e. The number of nitrogens with zero attached hydrogens (tertiary/aromatic N) is 4. The van der Waals surface area contributed by atoms with Gasteiger partial charge in [0.2, 0.25) is 5.91 Å². The van der Waals surface area contributed by atoms with Gasteiger partial charge in [0.1, 0.15) is 5.75 Å². The average Bonchev–Trinajstić information content (AvgIpc) is 3.09. The molecule has 9 heteroatoms. The van der Waals surface area contributed by atoms with Gasteiger partial charge in [0, 0.05) is 52.9 Å². The van der Waals surface area contributed by atoms with Crippen LogP contribution in [-0.4, -0.2) is 91.9 Å². The van der Waals surface area contributed by atoms with E-state index in [4.69, 9.17) is 10.5 Å². The molecule has 2 heterocycles. The van der Waals surface area contributed by atoms with Gasteiger partial charge in [-0.05, 0) is 30.5 Å². The van der Waals surface area contributed by atoms with Crippen molar-refractivity contribution in [3.8, 4) is 5.75 Å². The summed E-state index contributed by atoms with van der Waals surface area (Å²) in [4.78, 5) is 34.5. The average molecular weight is 445 g/mol. The Labute approximate surface area is 190 Å². The van der Waals surface area contributed by atoms with E-state index < -0.39 is 5.91 Å². The molecule has 9 nitrogen and oxygen atoms in total. The Kier molecular flexibility index (Phi) is 9.15. The number of carbonyl (C=O) groups excluding carboxylic acids is 2. The van der Waals surface area contributed by atoms with Crippen molar-refractivity contribution in [3.63, 3.8) is 0 Å². The number of hydrogen-bond acceptors (Lipinski definition) is 5. The monoisotopic (exact) mass is 444 g/mol. The summed E-state index contributed by atoms with van der Waals surface area (Å²) < 4.78 is 5.37. The number of aliphatic imine (C=N–C) groups is 1. The van der Waals surface area contributed by atoms with Crippen molar-refractivity contribution in [1.29, 1.82) is 0 Å². The maximum Gasteiger partial charge on any atom is 0.255 e. The van der Waals surface area contributed by atoms with Gasteiger partial charge in [-0.1, -0.05) is 25.0 Å². The summed E-state index contributed by atoms with van der Waals surface area (Å²) in [6.45, 7) is 6.13. The van der Waals surface area contributed by atoms with Gasteiger partial charge < -0.3 is 25.6 Å². The molecule has 0 aliphatic carbocycles. The van der Waals surface area contributed by atoms with Crippen molar-refractivity contribution < 1.29 is 14.3 Å². The Bertz CT molecular complexity index is 784. The number of nitrogens with one attached hydrogen (secondary N) is 1. The van der Waals surface area contributed by atoms with Crippen molar-refractivity contribution in [1.82, 2.24) is 20.0 Å². The molecule has 3 N–H and O–H groups in total. The predicted octanol–water partition coefficient (Wildman–Crippen LogP) is 0.646. The molecular weight excluding hydrogens is 408 g/mol. The number of hydrogen-bond donors (Lipinski definition) is 2. The number of guanidine groups is 1. The molecular formula is C23H36N6O3. The van der Waals surface area contributed by atoms with E-state index in [1.165, 1.54) is 12.8 Å². The van der Waals surface area contributed by atoms with E-state index in [2.05, 4.69) is 20.1 Å². The summed E-state index contributed by atoms with van der Waals surface area (Å²) in [6.07, 6.45) is 4.72. The SMILES string of the molecule is CN=C(NCc1cccc(OCC(N)=O)c1)N1CCN(CC(=O)N2CCCCCC2)CC1. The van der Waals surface area contributed by atoms with Crippen LogP contribution in [0.4, 0.5) is 0 Å². The zero-order valence-electron chi connectivity index (χ0n) is 19.1. The zero-order chi connectivity index (χ0) is 22.8. The normalized spacial score (nSPS) is 18.2. The largest absolute Gasteiger partial charge is 0.484 e. The van der Waals surface area contributed by atoms with E-state index in [0.717, 1.165) is 63.6 Å². The second-order valence-electron chi connectivity index (χ2n) is 8.36. The van der Waals surface area contributed by atoms with E-state index in [1.54, 1.807) is 13.1 Å². The second kappa shape index (κ2) is 12.3. The van der Waals surface area contributed by atoms with Crippen LogP contribution >= 0.6 is 0 Å². The van der Waals surface area contributed by atoms with Crippen LogP contribution in [0, 0.1) is 0 Å². The van der Waals surface area contributed by atoms with E-state index in [1.807, 2.05) is 23.1 Å². The number of piperazine rings is 1. The Hall–Kier alpha value is -2.81. The third-order valence-corrected chi connectivity index (χ3v) is 5.93. The third kappa shape index (κ3) is 7.40. The first-order valence-electron chi connectivity index (χ1n) is 11.5. The molecule has 0 atom stereocenters. The van der Waals surface area contributed by atoms with Crippen LogP contribution in [0.15, 0.2) is 29.3 Å². The lowest BCUT2D eigenvalue weighted by Gasteiger charge is -2.37. The Balaban J connectivity index is 1.43. The summed E-state index contributed by atoms with van der Waals surface area (Å²) in [5.41, 5.74) is 6.16. The lowest BCUT2D eigenvalue weighted by Crippen LogP contribution is -2.54. The molecule has 2 amide bonds. The van der Waals surface area contributed by atoms with Gasteiger partial charge in [-0.15, -0.1) is 0 Å². The third-order valence-electron chi connectivity index (χ3n) is 5.93. The molecule has 0 aromatic heterocycles. The molecule has 1 aromatic carbocycles. The highest BCUT2D eigenvalue weighted by molar-refractivity contribution is 5.80. The summed E-state index contributed by atoms with van der Waals surface area (Å²) in [6, 6.07) is 7.56. The van der Waals surface area contributed by atoms with E-state index >= 15 is 0 Å². The number of amides is 2. The van der Waals surface area contributed by atoms with Gasteiger partial charge in [-0.25, -0.2) is 0 Å². The quantitative estimate of drug-likeness (QED) is 0.473. The highest BCUT2D eigenvalue weighted by atomic mass is 16.5. The van der Waals surface area contributed by atoms with Crippen molar-refractivity contribution in [3.05, 3.63) is 29.8 Å². The fourth-order valence-corrected chi connectivity index (χ4v) is 4.14. The molecule has 2 saturated heterocycles. The lowest BCUT2D eigenvalue weighted by molar-refractivity contribution is -0.132. The maximum absolute atomic E-state index is 12.7. The molecule has 2 aliphatic rings. The Morgan fingerprint density at radius 1 is 1.03 bits per heavy atom. The minimum atomic E-state index is -0.499. The van der Waals surface area contributed by atoms with Gasteiger partial charge in [0.15, 0.2) is 12.6 Å². The molecule has 0 bridgehead atoms. The molecule has 32 heavy (non-hydrogen) atoms. The minimum absolute atomic E-state index is 0.136. The van der Waals surface area contributed by atoms with Gasteiger partial charge in [-0.2, -0.15) is 0 Å². The molecule has 176 valence electrons. The zero-order valence-corrected chi connectivity index (χ0v) is 19.1. The lowest BCUT2D eigenvalue weighted by atomic mass is 10.2. The summed E-state index contributed by atoms with van der Waals surface area (Å²) in [5, 5.41) is 3.40. The maximum atomic E-state index is 12.7. The van der Waals surface area contributed by atoms with Crippen LogP contribution in [0.5, 0.6) is 5.75 Å². The second-order valence-corrected chi connectivity index (χ2v) is 8.36. The van der Waals surface area contributed by atoms with Crippen LogP contribution in [0.2, 0.25) is 0 Å². The number of likely N-dealkylation sites (tertiary alicyclic amines) is 1. The van der Waals surface area contributed by atoms with Crippen LogP contribution in [0.1, 0.15) is 31.2 Å².